The SMILES string of the molecule is CC1CCN(C(=O)CC2(O)CCCCC2)CC1O. The summed E-state index contributed by atoms with van der Waals surface area (Å²) in [6.45, 7) is 3.16. The highest BCUT2D eigenvalue weighted by atomic mass is 16.3. The van der Waals surface area contributed by atoms with Crippen LogP contribution in [0.15, 0.2) is 0 Å². The molecule has 1 saturated heterocycles. The molecule has 4 nitrogen and oxygen atoms in total. The van der Waals surface area contributed by atoms with Gasteiger partial charge in [-0.25, -0.2) is 0 Å². The number of amides is 1. The molecule has 2 fully saturated rings. The summed E-state index contributed by atoms with van der Waals surface area (Å²) in [6.07, 6.45) is 5.35. The Hall–Kier alpha value is -0.610. The summed E-state index contributed by atoms with van der Waals surface area (Å²) in [5.74, 6) is 0.275. The molecule has 1 aliphatic carbocycles. The van der Waals surface area contributed by atoms with Gasteiger partial charge in [0.1, 0.15) is 0 Å². The zero-order valence-electron chi connectivity index (χ0n) is 11.3. The molecule has 1 saturated carbocycles. The zero-order chi connectivity index (χ0) is 13.2. The molecule has 0 aromatic heterocycles. The van der Waals surface area contributed by atoms with Crippen LogP contribution in [0.25, 0.3) is 0 Å². The third-order valence-electron chi connectivity index (χ3n) is 4.54. The Kier molecular flexibility index (Phi) is 4.28. The number of rotatable bonds is 2. The molecular formula is C14H25NO3. The normalized spacial score (nSPS) is 32.3. The fourth-order valence-electron chi connectivity index (χ4n) is 3.06. The molecular weight excluding hydrogens is 230 g/mol. The number of hydrogen-bond donors (Lipinski definition) is 2. The summed E-state index contributed by atoms with van der Waals surface area (Å²) < 4.78 is 0. The van der Waals surface area contributed by atoms with Crippen molar-refractivity contribution in [3.05, 3.63) is 0 Å². The van der Waals surface area contributed by atoms with Gasteiger partial charge in [0.05, 0.1) is 18.1 Å². The van der Waals surface area contributed by atoms with Crippen molar-refractivity contribution >= 4 is 5.91 Å². The van der Waals surface area contributed by atoms with Crippen LogP contribution in [0.4, 0.5) is 0 Å². The minimum atomic E-state index is -0.788. The molecule has 2 rings (SSSR count). The van der Waals surface area contributed by atoms with Crippen LogP contribution in [0.1, 0.15) is 51.9 Å². The molecule has 0 bridgehead atoms. The van der Waals surface area contributed by atoms with Crippen molar-refractivity contribution in [3.8, 4) is 0 Å². The van der Waals surface area contributed by atoms with Crippen LogP contribution in [-0.4, -0.2) is 45.8 Å². The third kappa shape index (κ3) is 3.23. The van der Waals surface area contributed by atoms with E-state index in [4.69, 9.17) is 0 Å². The summed E-state index contributed by atoms with van der Waals surface area (Å²) in [4.78, 5) is 13.9. The van der Waals surface area contributed by atoms with E-state index in [9.17, 15) is 15.0 Å². The molecule has 1 amide bonds. The number of β-amino-alcohol motifs (C(OH)–C–C–N with tert-alkyl or cyclic N) is 1. The summed E-state index contributed by atoms with van der Waals surface area (Å²) >= 11 is 0. The van der Waals surface area contributed by atoms with Gasteiger partial charge in [0, 0.05) is 13.1 Å². The van der Waals surface area contributed by atoms with Crippen LogP contribution in [0.5, 0.6) is 0 Å². The molecule has 18 heavy (non-hydrogen) atoms. The van der Waals surface area contributed by atoms with Gasteiger partial charge in [0.15, 0.2) is 0 Å². The van der Waals surface area contributed by atoms with Crippen molar-refractivity contribution in [2.45, 2.75) is 63.6 Å². The van der Waals surface area contributed by atoms with E-state index >= 15 is 0 Å². The van der Waals surface area contributed by atoms with Crippen LogP contribution >= 0.6 is 0 Å². The van der Waals surface area contributed by atoms with E-state index in [0.29, 0.717) is 13.1 Å². The molecule has 1 heterocycles. The molecule has 104 valence electrons. The number of carbonyl (C=O) groups is 1. The lowest BCUT2D eigenvalue weighted by molar-refractivity contribution is -0.142. The quantitative estimate of drug-likeness (QED) is 0.782. The molecule has 0 spiro atoms. The van der Waals surface area contributed by atoms with E-state index in [1.807, 2.05) is 6.92 Å². The standard InChI is InChI=1S/C14H25NO3/c1-11-5-8-15(10-12(11)16)13(17)9-14(18)6-3-2-4-7-14/h11-12,16,18H,2-10H2,1H3. The van der Waals surface area contributed by atoms with E-state index in [-0.39, 0.29) is 18.2 Å². The summed E-state index contributed by atoms with van der Waals surface area (Å²) in [5, 5.41) is 20.2. The number of carbonyl (C=O) groups excluding carboxylic acids is 1. The van der Waals surface area contributed by atoms with Crippen LogP contribution in [0.3, 0.4) is 0 Å². The van der Waals surface area contributed by atoms with Crippen LogP contribution in [0.2, 0.25) is 0 Å². The largest absolute Gasteiger partial charge is 0.391 e. The second kappa shape index (κ2) is 5.57. The Balaban J connectivity index is 1.87. The van der Waals surface area contributed by atoms with Crippen molar-refractivity contribution in [1.82, 2.24) is 4.90 Å². The Morgan fingerprint density at radius 3 is 2.61 bits per heavy atom. The topological polar surface area (TPSA) is 60.8 Å². The number of likely N-dealkylation sites (tertiary alicyclic amines) is 1. The Labute approximate surface area is 109 Å². The maximum absolute atomic E-state index is 12.2. The fraction of sp³-hybridized carbons (Fsp3) is 0.929. The Morgan fingerprint density at radius 1 is 1.33 bits per heavy atom. The van der Waals surface area contributed by atoms with Crippen molar-refractivity contribution < 1.29 is 15.0 Å². The lowest BCUT2D eigenvalue weighted by Crippen LogP contribution is -2.48. The second-order valence-electron chi connectivity index (χ2n) is 6.13. The molecule has 4 heteroatoms. The van der Waals surface area contributed by atoms with Crippen molar-refractivity contribution in [2.24, 2.45) is 5.92 Å². The molecule has 2 N–H and O–H groups in total. The van der Waals surface area contributed by atoms with Gasteiger partial charge < -0.3 is 15.1 Å². The van der Waals surface area contributed by atoms with Gasteiger partial charge in [-0.2, -0.15) is 0 Å². The molecule has 2 unspecified atom stereocenters. The number of hydrogen-bond acceptors (Lipinski definition) is 3. The zero-order valence-corrected chi connectivity index (χ0v) is 11.3. The van der Waals surface area contributed by atoms with Gasteiger partial charge in [0.2, 0.25) is 5.91 Å². The van der Waals surface area contributed by atoms with Gasteiger partial charge in [-0.1, -0.05) is 26.2 Å². The molecule has 0 aromatic carbocycles. The van der Waals surface area contributed by atoms with Gasteiger partial charge >= 0.3 is 0 Å². The van der Waals surface area contributed by atoms with Gasteiger partial charge in [-0.05, 0) is 25.2 Å². The first-order valence-corrected chi connectivity index (χ1v) is 7.18. The Morgan fingerprint density at radius 2 is 2.00 bits per heavy atom. The lowest BCUT2D eigenvalue weighted by Gasteiger charge is -2.37. The molecule has 0 aromatic rings. The van der Waals surface area contributed by atoms with Gasteiger partial charge in [-0.3, -0.25) is 4.79 Å². The fourth-order valence-corrected chi connectivity index (χ4v) is 3.06. The van der Waals surface area contributed by atoms with E-state index in [0.717, 1.165) is 38.5 Å². The predicted octanol–water partition coefficient (Wildman–Crippen LogP) is 1.30. The average molecular weight is 255 g/mol. The van der Waals surface area contributed by atoms with Crippen LogP contribution < -0.4 is 0 Å². The molecule has 0 radical (unpaired) electrons. The number of aliphatic hydroxyl groups excluding tert-OH is 1. The maximum atomic E-state index is 12.2. The first kappa shape index (κ1) is 13.8. The molecule has 2 atom stereocenters. The molecule has 2 aliphatic rings. The first-order chi connectivity index (χ1) is 8.50. The minimum Gasteiger partial charge on any atom is -0.391 e. The molecule has 1 aliphatic heterocycles. The number of aliphatic hydroxyl groups is 2. The van der Waals surface area contributed by atoms with E-state index in [1.54, 1.807) is 4.90 Å². The summed E-state index contributed by atoms with van der Waals surface area (Å²) in [7, 11) is 0. The van der Waals surface area contributed by atoms with E-state index < -0.39 is 11.7 Å². The average Bonchev–Trinajstić information content (AvgIpc) is 2.33. The second-order valence-corrected chi connectivity index (χ2v) is 6.13. The highest BCUT2D eigenvalue weighted by Crippen LogP contribution is 2.31. The van der Waals surface area contributed by atoms with E-state index in [2.05, 4.69) is 0 Å². The van der Waals surface area contributed by atoms with Crippen molar-refractivity contribution in [1.29, 1.82) is 0 Å². The van der Waals surface area contributed by atoms with Crippen molar-refractivity contribution in [3.63, 3.8) is 0 Å². The smallest absolute Gasteiger partial charge is 0.225 e. The van der Waals surface area contributed by atoms with Gasteiger partial charge in [-0.15, -0.1) is 0 Å². The first-order valence-electron chi connectivity index (χ1n) is 7.18. The lowest BCUT2D eigenvalue weighted by atomic mass is 9.82. The van der Waals surface area contributed by atoms with E-state index in [1.165, 1.54) is 0 Å². The summed E-state index contributed by atoms with van der Waals surface area (Å²) in [6, 6.07) is 0. The highest BCUT2D eigenvalue weighted by molar-refractivity contribution is 5.77. The third-order valence-corrected chi connectivity index (χ3v) is 4.54. The highest BCUT2D eigenvalue weighted by Gasteiger charge is 2.35. The monoisotopic (exact) mass is 255 g/mol. The Bertz CT molecular complexity index is 299. The number of piperidine rings is 1. The summed E-state index contributed by atoms with van der Waals surface area (Å²) in [5.41, 5.74) is -0.788. The van der Waals surface area contributed by atoms with Gasteiger partial charge in [0.25, 0.3) is 0 Å². The van der Waals surface area contributed by atoms with Crippen LogP contribution in [-0.2, 0) is 4.79 Å². The number of nitrogens with zero attached hydrogens (tertiary/aromatic N) is 1. The van der Waals surface area contributed by atoms with Crippen LogP contribution in [0, 0.1) is 5.92 Å². The predicted molar refractivity (Wildman–Crippen MR) is 69.0 cm³/mol. The minimum absolute atomic E-state index is 0.00495. The van der Waals surface area contributed by atoms with Crippen molar-refractivity contribution in [2.75, 3.05) is 13.1 Å². The maximum Gasteiger partial charge on any atom is 0.225 e.